The van der Waals surface area contributed by atoms with Gasteiger partial charge in [-0.1, -0.05) is 6.42 Å². The molecule has 2 fully saturated rings. The lowest BCUT2D eigenvalue weighted by Crippen LogP contribution is -2.48. The molecule has 2 rings (SSSR count). The topological polar surface area (TPSA) is 60.0 Å². The molecule has 1 amide bonds. The summed E-state index contributed by atoms with van der Waals surface area (Å²) in [7, 11) is 5.51. The Bertz CT molecular complexity index is 423. The number of hydrogen-bond donors (Lipinski definition) is 2. The monoisotopic (exact) mass is 355 g/mol. The van der Waals surface area contributed by atoms with Crippen LogP contribution in [-0.4, -0.2) is 86.5 Å². The first-order valence-corrected chi connectivity index (χ1v) is 10.2. The standard InChI is InChI=1S/C17H33N5OS/c1-18-17(19-7-8-22-9-11-24-12-10-22)20-15-6-4-5-14(13-15)16(23)21(2)3/h14-15H,4-13H2,1-3H3,(H2,18,19,20). The first kappa shape index (κ1) is 19.4. The van der Waals surface area contributed by atoms with Gasteiger partial charge in [-0.05, 0) is 19.3 Å². The molecule has 0 spiro atoms. The third-order valence-corrected chi connectivity index (χ3v) is 5.80. The number of carbonyl (C=O) groups excluding carboxylic acids is 1. The third-order valence-electron chi connectivity index (χ3n) is 4.85. The van der Waals surface area contributed by atoms with Crippen LogP contribution in [0.5, 0.6) is 0 Å². The first-order chi connectivity index (χ1) is 11.6. The molecule has 2 unspecified atom stereocenters. The molecule has 0 aromatic carbocycles. The number of carbonyl (C=O) groups is 1. The molecule has 6 nitrogen and oxygen atoms in total. The van der Waals surface area contributed by atoms with E-state index in [4.69, 9.17) is 0 Å². The number of nitrogens with one attached hydrogen (secondary N) is 2. The SMILES string of the molecule is CN=C(NCCN1CCSCC1)NC1CCCC(C(=O)N(C)C)C1. The van der Waals surface area contributed by atoms with Crippen molar-refractivity contribution in [2.75, 3.05) is 58.8 Å². The van der Waals surface area contributed by atoms with Crippen LogP contribution < -0.4 is 10.6 Å². The van der Waals surface area contributed by atoms with E-state index in [1.807, 2.05) is 32.9 Å². The van der Waals surface area contributed by atoms with Crippen LogP contribution >= 0.6 is 11.8 Å². The van der Waals surface area contributed by atoms with E-state index in [-0.39, 0.29) is 11.8 Å². The summed E-state index contributed by atoms with van der Waals surface area (Å²) in [6.07, 6.45) is 4.13. The minimum Gasteiger partial charge on any atom is -0.355 e. The summed E-state index contributed by atoms with van der Waals surface area (Å²) in [6, 6.07) is 0.338. The fraction of sp³-hybridized carbons (Fsp3) is 0.882. The Morgan fingerprint density at radius 2 is 2.04 bits per heavy atom. The van der Waals surface area contributed by atoms with Crippen LogP contribution in [0, 0.1) is 5.92 Å². The second-order valence-electron chi connectivity index (χ2n) is 6.89. The van der Waals surface area contributed by atoms with Crippen LogP contribution in [0.1, 0.15) is 25.7 Å². The number of nitrogens with zero attached hydrogens (tertiary/aromatic N) is 3. The van der Waals surface area contributed by atoms with Gasteiger partial charge < -0.3 is 15.5 Å². The van der Waals surface area contributed by atoms with Crippen LogP contribution in [0.15, 0.2) is 4.99 Å². The van der Waals surface area contributed by atoms with Gasteiger partial charge in [-0.25, -0.2) is 0 Å². The minimum atomic E-state index is 0.148. The van der Waals surface area contributed by atoms with Crippen molar-refractivity contribution in [3.05, 3.63) is 0 Å². The lowest BCUT2D eigenvalue weighted by atomic mass is 9.85. The molecule has 0 bridgehead atoms. The largest absolute Gasteiger partial charge is 0.355 e. The van der Waals surface area contributed by atoms with Gasteiger partial charge in [0, 0.05) is 70.8 Å². The molecule has 0 aromatic rings. The zero-order chi connectivity index (χ0) is 17.4. The lowest BCUT2D eigenvalue weighted by molar-refractivity contribution is -0.134. The van der Waals surface area contributed by atoms with Gasteiger partial charge in [-0.3, -0.25) is 14.7 Å². The molecule has 1 heterocycles. The van der Waals surface area contributed by atoms with E-state index in [0.717, 1.165) is 44.7 Å². The number of guanidine groups is 1. The molecule has 1 aliphatic carbocycles. The van der Waals surface area contributed by atoms with Gasteiger partial charge in [0.15, 0.2) is 5.96 Å². The third kappa shape index (κ3) is 6.16. The predicted octanol–water partition coefficient (Wildman–Crippen LogP) is 0.847. The Morgan fingerprint density at radius 1 is 1.29 bits per heavy atom. The Balaban J connectivity index is 1.72. The van der Waals surface area contributed by atoms with Gasteiger partial charge in [0.2, 0.25) is 5.91 Å². The van der Waals surface area contributed by atoms with Crippen LogP contribution in [0.25, 0.3) is 0 Å². The Kier molecular flexibility index (Phi) is 8.18. The van der Waals surface area contributed by atoms with Crippen LogP contribution in [-0.2, 0) is 4.79 Å². The molecular weight excluding hydrogens is 322 g/mol. The zero-order valence-corrected chi connectivity index (χ0v) is 16.2. The average Bonchev–Trinajstić information content (AvgIpc) is 2.61. The van der Waals surface area contributed by atoms with Crippen molar-refractivity contribution in [1.29, 1.82) is 0 Å². The van der Waals surface area contributed by atoms with Crippen LogP contribution in [0.3, 0.4) is 0 Å². The molecule has 138 valence electrons. The van der Waals surface area contributed by atoms with Crippen molar-refractivity contribution in [2.24, 2.45) is 10.9 Å². The second-order valence-corrected chi connectivity index (χ2v) is 8.12. The summed E-state index contributed by atoms with van der Waals surface area (Å²) in [5, 5.41) is 6.94. The molecule has 1 saturated heterocycles. The summed E-state index contributed by atoms with van der Waals surface area (Å²) in [6.45, 7) is 4.36. The summed E-state index contributed by atoms with van der Waals surface area (Å²) in [5.41, 5.74) is 0. The van der Waals surface area contributed by atoms with E-state index in [1.54, 1.807) is 4.90 Å². The predicted molar refractivity (Wildman–Crippen MR) is 103 cm³/mol. The van der Waals surface area contributed by atoms with Crippen molar-refractivity contribution in [3.63, 3.8) is 0 Å². The summed E-state index contributed by atoms with van der Waals surface area (Å²) >= 11 is 2.04. The number of amides is 1. The maximum Gasteiger partial charge on any atom is 0.225 e. The highest BCUT2D eigenvalue weighted by Crippen LogP contribution is 2.25. The van der Waals surface area contributed by atoms with Crippen molar-refractivity contribution in [2.45, 2.75) is 31.7 Å². The molecule has 1 saturated carbocycles. The van der Waals surface area contributed by atoms with Crippen molar-refractivity contribution < 1.29 is 4.79 Å². The second kappa shape index (κ2) is 10.1. The summed E-state index contributed by atoms with van der Waals surface area (Å²) in [5.74, 6) is 3.76. The fourth-order valence-corrected chi connectivity index (χ4v) is 4.43. The molecular formula is C17H33N5OS. The van der Waals surface area contributed by atoms with Gasteiger partial charge in [0.25, 0.3) is 0 Å². The van der Waals surface area contributed by atoms with Crippen molar-refractivity contribution >= 4 is 23.6 Å². The Labute approximate surface area is 150 Å². The Morgan fingerprint density at radius 3 is 2.71 bits per heavy atom. The Hall–Kier alpha value is -0.950. The van der Waals surface area contributed by atoms with E-state index >= 15 is 0 Å². The van der Waals surface area contributed by atoms with Gasteiger partial charge in [-0.2, -0.15) is 11.8 Å². The lowest BCUT2D eigenvalue weighted by Gasteiger charge is -2.31. The van der Waals surface area contributed by atoms with Crippen LogP contribution in [0.4, 0.5) is 0 Å². The van der Waals surface area contributed by atoms with Crippen molar-refractivity contribution in [1.82, 2.24) is 20.4 Å². The fourth-order valence-electron chi connectivity index (χ4n) is 3.46. The summed E-state index contributed by atoms with van der Waals surface area (Å²) in [4.78, 5) is 20.8. The van der Waals surface area contributed by atoms with E-state index in [2.05, 4.69) is 20.5 Å². The van der Waals surface area contributed by atoms with Crippen molar-refractivity contribution in [3.8, 4) is 0 Å². The average molecular weight is 356 g/mol. The normalized spacial score (nSPS) is 26.0. The smallest absolute Gasteiger partial charge is 0.225 e. The van der Waals surface area contributed by atoms with Gasteiger partial charge in [0.05, 0.1) is 0 Å². The van der Waals surface area contributed by atoms with Crippen LogP contribution in [0.2, 0.25) is 0 Å². The molecule has 2 aliphatic rings. The molecule has 0 aromatic heterocycles. The maximum atomic E-state index is 12.2. The molecule has 1 aliphatic heterocycles. The number of rotatable bonds is 5. The molecule has 2 atom stereocenters. The first-order valence-electron chi connectivity index (χ1n) is 9.08. The number of hydrogen-bond acceptors (Lipinski definition) is 4. The van der Waals surface area contributed by atoms with E-state index in [0.29, 0.717) is 6.04 Å². The molecule has 7 heteroatoms. The zero-order valence-electron chi connectivity index (χ0n) is 15.4. The highest BCUT2D eigenvalue weighted by atomic mass is 32.2. The highest BCUT2D eigenvalue weighted by Gasteiger charge is 2.28. The minimum absolute atomic E-state index is 0.148. The molecule has 24 heavy (non-hydrogen) atoms. The maximum absolute atomic E-state index is 12.2. The number of aliphatic imine (C=N–C) groups is 1. The van der Waals surface area contributed by atoms with Gasteiger partial charge >= 0.3 is 0 Å². The van der Waals surface area contributed by atoms with E-state index < -0.39 is 0 Å². The van der Waals surface area contributed by atoms with E-state index in [9.17, 15) is 4.79 Å². The van der Waals surface area contributed by atoms with Gasteiger partial charge in [0.1, 0.15) is 0 Å². The highest BCUT2D eigenvalue weighted by molar-refractivity contribution is 7.99. The van der Waals surface area contributed by atoms with Gasteiger partial charge in [-0.15, -0.1) is 0 Å². The molecule has 2 N–H and O–H groups in total. The summed E-state index contributed by atoms with van der Waals surface area (Å²) < 4.78 is 0. The quantitative estimate of drug-likeness (QED) is 0.565. The molecule has 0 radical (unpaired) electrons. The van der Waals surface area contributed by atoms with E-state index in [1.165, 1.54) is 24.6 Å². The number of thioether (sulfide) groups is 1.